The first-order chi connectivity index (χ1) is 12.1. The standard InChI is InChI=1S/C17H18N2O4S2/c20-16(21)6-10-24-25-11-9-19-17(22)13-2-1-3-15(12-13)23-14-4-7-18-8-5-14/h1-5,7-8,12H,6,9-11H2,(H,19,22)(H,20,21). The van der Waals surface area contributed by atoms with Gasteiger partial charge in [-0.05, 0) is 30.3 Å². The molecule has 0 saturated carbocycles. The van der Waals surface area contributed by atoms with E-state index >= 15 is 0 Å². The third-order valence-electron chi connectivity index (χ3n) is 2.94. The normalized spacial score (nSPS) is 10.2. The van der Waals surface area contributed by atoms with E-state index < -0.39 is 5.97 Å². The number of benzene rings is 1. The first kappa shape index (κ1) is 19.1. The Labute approximate surface area is 153 Å². The van der Waals surface area contributed by atoms with E-state index in [-0.39, 0.29) is 12.3 Å². The van der Waals surface area contributed by atoms with Crippen molar-refractivity contribution in [2.45, 2.75) is 6.42 Å². The Hall–Kier alpha value is -2.19. The van der Waals surface area contributed by atoms with Crippen LogP contribution in [0.4, 0.5) is 0 Å². The van der Waals surface area contributed by atoms with Crippen LogP contribution in [0.3, 0.4) is 0 Å². The van der Waals surface area contributed by atoms with Gasteiger partial charge in [-0.2, -0.15) is 0 Å². The second-order valence-electron chi connectivity index (χ2n) is 4.86. The Kier molecular flexibility index (Phi) is 8.14. The zero-order valence-corrected chi connectivity index (χ0v) is 15.0. The first-order valence-electron chi connectivity index (χ1n) is 7.57. The number of nitrogens with one attached hydrogen (secondary N) is 1. The number of nitrogens with zero attached hydrogens (tertiary/aromatic N) is 1. The number of amides is 1. The van der Waals surface area contributed by atoms with Crippen LogP contribution in [0.15, 0.2) is 48.8 Å². The van der Waals surface area contributed by atoms with Crippen LogP contribution in [0.1, 0.15) is 16.8 Å². The van der Waals surface area contributed by atoms with Gasteiger partial charge in [-0.15, -0.1) is 0 Å². The second kappa shape index (κ2) is 10.6. The third-order valence-corrected chi connectivity index (χ3v) is 5.34. The molecule has 0 saturated heterocycles. The highest BCUT2D eigenvalue weighted by Gasteiger charge is 2.07. The molecule has 0 bridgehead atoms. The van der Waals surface area contributed by atoms with Crippen molar-refractivity contribution in [3.8, 4) is 11.5 Å². The fraction of sp³-hybridized carbons (Fsp3) is 0.235. The molecule has 0 unspecified atom stereocenters. The van der Waals surface area contributed by atoms with Crippen molar-refractivity contribution in [1.82, 2.24) is 10.3 Å². The smallest absolute Gasteiger partial charge is 0.304 e. The zero-order chi connectivity index (χ0) is 17.9. The Morgan fingerprint density at radius 2 is 1.84 bits per heavy atom. The number of hydrogen-bond donors (Lipinski definition) is 2. The predicted octanol–water partition coefficient (Wildman–Crippen LogP) is 3.46. The molecule has 0 spiro atoms. The summed E-state index contributed by atoms with van der Waals surface area (Å²) in [6.07, 6.45) is 3.42. The maximum Gasteiger partial charge on any atom is 0.304 e. The molecule has 1 aromatic heterocycles. The van der Waals surface area contributed by atoms with E-state index in [0.29, 0.717) is 35.1 Å². The highest BCUT2D eigenvalue weighted by atomic mass is 33.1. The van der Waals surface area contributed by atoms with Gasteiger partial charge in [-0.25, -0.2) is 0 Å². The van der Waals surface area contributed by atoms with E-state index in [4.69, 9.17) is 9.84 Å². The molecule has 1 heterocycles. The van der Waals surface area contributed by atoms with E-state index in [9.17, 15) is 9.59 Å². The maximum absolute atomic E-state index is 12.2. The van der Waals surface area contributed by atoms with E-state index in [1.165, 1.54) is 10.8 Å². The maximum atomic E-state index is 12.2. The van der Waals surface area contributed by atoms with Crippen LogP contribution in [0.5, 0.6) is 11.5 Å². The van der Waals surface area contributed by atoms with Crippen LogP contribution in [-0.2, 0) is 4.79 Å². The summed E-state index contributed by atoms with van der Waals surface area (Å²) in [4.78, 5) is 26.5. The van der Waals surface area contributed by atoms with Gasteiger partial charge >= 0.3 is 5.97 Å². The Balaban J connectivity index is 1.74. The number of carboxylic acids is 1. The van der Waals surface area contributed by atoms with Gasteiger partial charge in [-0.3, -0.25) is 14.6 Å². The quantitative estimate of drug-likeness (QED) is 0.483. The van der Waals surface area contributed by atoms with Crippen molar-refractivity contribution in [1.29, 1.82) is 0 Å². The first-order valence-corrected chi connectivity index (χ1v) is 10.1. The number of carbonyl (C=O) groups is 2. The molecular weight excluding hydrogens is 360 g/mol. The predicted molar refractivity (Wildman–Crippen MR) is 100 cm³/mol. The fourth-order valence-corrected chi connectivity index (χ4v) is 3.68. The van der Waals surface area contributed by atoms with Gasteiger partial charge in [0.15, 0.2) is 0 Å². The minimum Gasteiger partial charge on any atom is -0.481 e. The van der Waals surface area contributed by atoms with Crippen molar-refractivity contribution in [3.63, 3.8) is 0 Å². The van der Waals surface area contributed by atoms with Crippen molar-refractivity contribution >= 4 is 33.5 Å². The van der Waals surface area contributed by atoms with Crippen LogP contribution < -0.4 is 10.1 Å². The van der Waals surface area contributed by atoms with E-state index in [1.807, 2.05) is 0 Å². The molecule has 1 amide bonds. The molecule has 25 heavy (non-hydrogen) atoms. The summed E-state index contributed by atoms with van der Waals surface area (Å²) in [6.45, 7) is 0.513. The molecule has 0 atom stereocenters. The Morgan fingerprint density at radius 1 is 1.08 bits per heavy atom. The van der Waals surface area contributed by atoms with Gasteiger partial charge in [0, 0.05) is 36.0 Å². The lowest BCUT2D eigenvalue weighted by Gasteiger charge is -2.08. The van der Waals surface area contributed by atoms with E-state index in [2.05, 4.69) is 10.3 Å². The van der Waals surface area contributed by atoms with Gasteiger partial charge in [0.1, 0.15) is 11.5 Å². The van der Waals surface area contributed by atoms with Gasteiger partial charge in [-0.1, -0.05) is 27.7 Å². The third kappa shape index (κ3) is 7.49. The summed E-state index contributed by atoms with van der Waals surface area (Å²) in [6, 6.07) is 10.4. The summed E-state index contributed by atoms with van der Waals surface area (Å²) < 4.78 is 5.68. The topological polar surface area (TPSA) is 88.5 Å². The number of rotatable bonds is 10. The summed E-state index contributed by atoms with van der Waals surface area (Å²) in [5.41, 5.74) is 0.523. The monoisotopic (exact) mass is 378 g/mol. The summed E-state index contributed by atoms with van der Waals surface area (Å²) >= 11 is 0. The average Bonchev–Trinajstić information content (AvgIpc) is 2.61. The molecule has 0 aliphatic carbocycles. The summed E-state index contributed by atoms with van der Waals surface area (Å²) in [5, 5.41) is 11.4. The van der Waals surface area contributed by atoms with Crippen molar-refractivity contribution in [2.75, 3.05) is 18.1 Å². The molecule has 2 aromatic rings. The second-order valence-corrected chi connectivity index (χ2v) is 7.56. The van der Waals surface area contributed by atoms with Crippen molar-refractivity contribution < 1.29 is 19.4 Å². The van der Waals surface area contributed by atoms with E-state index in [0.717, 1.165) is 0 Å². The molecule has 2 rings (SSSR count). The number of carbonyl (C=O) groups excluding carboxylic acids is 1. The SMILES string of the molecule is O=C(O)CCSSCCNC(=O)c1cccc(Oc2ccncc2)c1. The minimum atomic E-state index is -0.796. The highest BCUT2D eigenvalue weighted by Crippen LogP contribution is 2.22. The number of ether oxygens (including phenoxy) is 1. The van der Waals surface area contributed by atoms with E-state index in [1.54, 1.807) is 59.6 Å². The molecule has 132 valence electrons. The number of carboxylic acid groups (broad SMARTS) is 1. The van der Waals surface area contributed by atoms with Gasteiger partial charge in [0.25, 0.3) is 5.91 Å². The summed E-state index contributed by atoms with van der Waals surface area (Å²) in [7, 11) is 3.04. The van der Waals surface area contributed by atoms with Gasteiger partial charge in [0.05, 0.1) is 6.42 Å². The number of pyridine rings is 1. The van der Waals surface area contributed by atoms with Crippen molar-refractivity contribution in [3.05, 3.63) is 54.4 Å². The zero-order valence-electron chi connectivity index (χ0n) is 13.4. The summed E-state index contributed by atoms with van der Waals surface area (Å²) in [5.74, 6) is 1.54. The van der Waals surface area contributed by atoms with Crippen LogP contribution in [0.25, 0.3) is 0 Å². The molecule has 0 aliphatic heterocycles. The van der Waals surface area contributed by atoms with Gasteiger partial charge in [0.2, 0.25) is 0 Å². The Morgan fingerprint density at radius 3 is 2.60 bits per heavy atom. The number of hydrogen-bond acceptors (Lipinski definition) is 6. The molecule has 0 radical (unpaired) electrons. The average molecular weight is 378 g/mol. The Bertz CT molecular complexity index is 698. The molecule has 6 nitrogen and oxygen atoms in total. The molecule has 2 N–H and O–H groups in total. The van der Waals surface area contributed by atoms with Crippen LogP contribution in [0, 0.1) is 0 Å². The fourth-order valence-electron chi connectivity index (χ4n) is 1.80. The van der Waals surface area contributed by atoms with Gasteiger partial charge < -0.3 is 15.2 Å². The molecular formula is C17H18N2O4S2. The molecule has 0 aliphatic rings. The van der Waals surface area contributed by atoms with Crippen LogP contribution >= 0.6 is 21.6 Å². The number of aromatic nitrogens is 1. The minimum absolute atomic E-state index is 0.147. The highest BCUT2D eigenvalue weighted by molar-refractivity contribution is 8.76. The lowest BCUT2D eigenvalue weighted by Crippen LogP contribution is -2.25. The van der Waals surface area contributed by atoms with Crippen LogP contribution in [-0.4, -0.2) is 40.0 Å². The molecule has 8 heteroatoms. The van der Waals surface area contributed by atoms with Crippen LogP contribution in [0.2, 0.25) is 0 Å². The molecule has 0 fully saturated rings. The lowest BCUT2D eigenvalue weighted by atomic mass is 10.2. The largest absolute Gasteiger partial charge is 0.481 e. The molecule has 1 aromatic carbocycles. The number of aliphatic carboxylic acids is 1. The van der Waals surface area contributed by atoms with Crippen molar-refractivity contribution in [2.24, 2.45) is 0 Å². The lowest BCUT2D eigenvalue weighted by molar-refractivity contribution is -0.136.